The number of non-ortho nitro benzene ring substituents is 1. The van der Waals surface area contributed by atoms with Crippen LogP contribution in [0.15, 0.2) is 41.8 Å². The van der Waals surface area contributed by atoms with Gasteiger partial charge in [-0.25, -0.2) is 0 Å². The lowest BCUT2D eigenvalue weighted by Crippen LogP contribution is -2.25. The van der Waals surface area contributed by atoms with Crippen molar-refractivity contribution in [2.75, 3.05) is 13.6 Å². The monoisotopic (exact) mass is 290 g/mol. The number of nitro groups is 1. The molecule has 0 spiro atoms. The van der Waals surface area contributed by atoms with E-state index in [1.807, 2.05) is 29.5 Å². The standard InChI is InChI=1S/C14H14N2O3S/c1-15(9-13-3-2-8-20-13)10-14(17)11-4-6-12(7-5-11)16(18)19/h2-8H,9-10H2,1H3. The van der Waals surface area contributed by atoms with Crippen LogP contribution in [0.4, 0.5) is 5.69 Å². The smallest absolute Gasteiger partial charge is 0.269 e. The molecule has 0 atom stereocenters. The molecule has 2 aromatic rings. The number of benzene rings is 1. The molecule has 1 heterocycles. The minimum atomic E-state index is -0.475. The maximum atomic E-state index is 12.1. The first-order valence-corrected chi connectivity index (χ1v) is 6.93. The van der Waals surface area contributed by atoms with E-state index >= 15 is 0 Å². The van der Waals surface area contributed by atoms with Crippen molar-refractivity contribution >= 4 is 22.8 Å². The Morgan fingerprint density at radius 3 is 2.55 bits per heavy atom. The molecule has 0 saturated heterocycles. The fraction of sp³-hybridized carbons (Fsp3) is 0.214. The topological polar surface area (TPSA) is 63.5 Å². The molecule has 0 fully saturated rings. The SMILES string of the molecule is CN(CC(=O)c1ccc([N+](=O)[O-])cc1)Cc1cccs1. The van der Waals surface area contributed by atoms with E-state index in [0.717, 1.165) is 6.54 Å². The van der Waals surface area contributed by atoms with Crippen LogP contribution >= 0.6 is 11.3 Å². The summed E-state index contributed by atoms with van der Waals surface area (Å²) in [5.74, 6) is -0.0426. The summed E-state index contributed by atoms with van der Waals surface area (Å²) in [6, 6.07) is 9.71. The number of thiophene rings is 1. The molecule has 5 nitrogen and oxygen atoms in total. The summed E-state index contributed by atoms with van der Waals surface area (Å²) >= 11 is 1.65. The molecule has 0 bridgehead atoms. The van der Waals surface area contributed by atoms with Gasteiger partial charge in [-0.1, -0.05) is 6.07 Å². The maximum absolute atomic E-state index is 12.1. The number of nitrogens with zero attached hydrogens (tertiary/aromatic N) is 2. The van der Waals surface area contributed by atoms with Crippen molar-refractivity contribution in [3.63, 3.8) is 0 Å². The quantitative estimate of drug-likeness (QED) is 0.466. The lowest BCUT2D eigenvalue weighted by molar-refractivity contribution is -0.384. The summed E-state index contributed by atoms with van der Waals surface area (Å²) in [5, 5.41) is 12.6. The fourth-order valence-corrected chi connectivity index (χ4v) is 2.61. The van der Waals surface area contributed by atoms with Crippen LogP contribution in [0.5, 0.6) is 0 Å². The van der Waals surface area contributed by atoms with Crippen molar-refractivity contribution in [3.8, 4) is 0 Å². The van der Waals surface area contributed by atoms with Crippen molar-refractivity contribution in [1.82, 2.24) is 4.90 Å². The van der Waals surface area contributed by atoms with Crippen LogP contribution in [0.3, 0.4) is 0 Å². The van der Waals surface area contributed by atoms with Gasteiger partial charge in [0, 0.05) is 29.1 Å². The number of carbonyl (C=O) groups is 1. The van der Waals surface area contributed by atoms with E-state index in [1.165, 1.54) is 29.1 Å². The van der Waals surface area contributed by atoms with Crippen LogP contribution in [0.25, 0.3) is 0 Å². The number of hydrogen-bond acceptors (Lipinski definition) is 5. The highest BCUT2D eigenvalue weighted by molar-refractivity contribution is 7.09. The molecule has 104 valence electrons. The second kappa shape index (κ2) is 6.40. The molecule has 1 aromatic carbocycles. The highest BCUT2D eigenvalue weighted by Gasteiger charge is 2.12. The van der Waals surface area contributed by atoms with E-state index in [0.29, 0.717) is 5.56 Å². The minimum Gasteiger partial charge on any atom is -0.294 e. The lowest BCUT2D eigenvalue weighted by atomic mass is 10.1. The Balaban J connectivity index is 1.95. The predicted molar refractivity (Wildman–Crippen MR) is 78.1 cm³/mol. The van der Waals surface area contributed by atoms with Crippen LogP contribution in [-0.4, -0.2) is 29.2 Å². The normalized spacial score (nSPS) is 10.7. The average molecular weight is 290 g/mol. The fourth-order valence-electron chi connectivity index (χ4n) is 1.83. The van der Waals surface area contributed by atoms with Gasteiger partial charge in [0.05, 0.1) is 11.5 Å². The zero-order chi connectivity index (χ0) is 14.5. The Labute approximate surface area is 120 Å². The number of ketones is 1. The van der Waals surface area contributed by atoms with E-state index in [2.05, 4.69) is 0 Å². The van der Waals surface area contributed by atoms with Gasteiger partial charge in [0.2, 0.25) is 0 Å². The molecule has 0 aliphatic heterocycles. The van der Waals surface area contributed by atoms with Gasteiger partial charge in [0.1, 0.15) is 0 Å². The second-order valence-corrected chi connectivity index (χ2v) is 5.51. The lowest BCUT2D eigenvalue weighted by Gasteiger charge is -2.14. The summed E-state index contributed by atoms with van der Waals surface area (Å²) in [5.41, 5.74) is 0.488. The number of likely N-dealkylation sites (N-methyl/N-ethyl adjacent to an activating group) is 1. The number of carbonyl (C=O) groups excluding carboxylic acids is 1. The van der Waals surface area contributed by atoms with Crippen LogP contribution < -0.4 is 0 Å². The third-order valence-electron chi connectivity index (χ3n) is 2.82. The summed E-state index contributed by atoms with van der Waals surface area (Å²) in [6.07, 6.45) is 0. The number of nitro benzene ring substituents is 1. The van der Waals surface area contributed by atoms with Gasteiger partial charge in [0.25, 0.3) is 5.69 Å². The second-order valence-electron chi connectivity index (χ2n) is 4.48. The first kappa shape index (κ1) is 14.4. The zero-order valence-corrected chi connectivity index (χ0v) is 11.8. The van der Waals surface area contributed by atoms with Gasteiger partial charge in [-0.15, -0.1) is 11.3 Å². The Hall–Kier alpha value is -2.05. The van der Waals surface area contributed by atoms with E-state index in [-0.39, 0.29) is 18.0 Å². The molecule has 1 aromatic heterocycles. The number of rotatable bonds is 6. The van der Waals surface area contributed by atoms with Crippen molar-refractivity contribution in [1.29, 1.82) is 0 Å². The first-order valence-electron chi connectivity index (χ1n) is 6.05. The van der Waals surface area contributed by atoms with Crippen molar-refractivity contribution in [2.45, 2.75) is 6.54 Å². The molecule has 0 N–H and O–H groups in total. The highest BCUT2D eigenvalue weighted by Crippen LogP contribution is 2.14. The van der Waals surface area contributed by atoms with Crippen molar-refractivity contribution in [3.05, 3.63) is 62.3 Å². The number of Topliss-reactive ketones (excluding diaryl/α,β-unsaturated/α-hetero) is 1. The van der Waals surface area contributed by atoms with Gasteiger partial charge in [0.15, 0.2) is 5.78 Å². The van der Waals surface area contributed by atoms with Crippen molar-refractivity contribution in [2.24, 2.45) is 0 Å². The average Bonchev–Trinajstić information content (AvgIpc) is 2.91. The third kappa shape index (κ3) is 3.72. The van der Waals surface area contributed by atoms with Gasteiger partial charge in [-0.2, -0.15) is 0 Å². The Morgan fingerprint density at radius 1 is 1.30 bits per heavy atom. The molecule has 2 rings (SSSR count). The number of hydrogen-bond donors (Lipinski definition) is 0. The molecule has 0 aliphatic carbocycles. The molecule has 0 unspecified atom stereocenters. The van der Waals surface area contributed by atoms with Crippen LogP contribution in [0.1, 0.15) is 15.2 Å². The minimum absolute atomic E-state index is 0.00603. The largest absolute Gasteiger partial charge is 0.294 e. The predicted octanol–water partition coefficient (Wildman–Crippen LogP) is 2.97. The van der Waals surface area contributed by atoms with E-state index in [9.17, 15) is 14.9 Å². The molecule has 0 aliphatic rings. The van der Waals surface area contributed by atoms with E-state index in [1.54, 1.807) is 11.3 Å². The summed E-state index contributed by atoms with van der Waals surface area (Å²) in [7, 11) is 1.88. The summed E-state index contributed by atoms with van der Waals surface area (Å²) in [6.45, 7) is 1.01. The van der Waals surface area contributed by atoms with E-state index in [4.69, 9.17) is 0 Å². The van der Waals surface area contributed by atoms with Gasteiger partial charge >= 0.3 is 0 Å². The zero-order valence-electron chi connectivity index (χ0n) is 11.0. The van der Waals surface area contributed by atoms with E-state index < -0.39 is 4.92 Å². The Kier molecular flexibility index (Phi) is 4.60. The highest BCUT2D eigenvalue weighted by atomic mass is 32.1. The molecular formula is C14H14N2O3S. The molecule has 0 saturated carbocycles. The van der Waals surface area contributed by atoms with Gasteiger partial charge in [-0.3, -0.25) is 19.8 Å². The Bertz CT molecular complexity index is 593. The Morgan fingerprint density at radius 2 is 2.00 bits per heavy atom. The van der Waals surface area contributed by atoms with Gasteiger partial charge in [-0.05, 0) is 30.6 Å². The maximum Gasteiger partial charge on any atom is 0.269 e. The summed E-state index contributed by atoms with van der Waals surface area (Å²) < 4.78 is 0. The molecule has 20 heavy (non-hydrogen) atoms. The van der Waals surface area contributed by atoms with Crippen molar-refractivity contribution < 1.29 is 9.72 Å². The first-order chi connectivity index (χ1) is 9.56. The molecule has 6 heteroatoms. The van der Waals surface area contributed by atoms with Gasteiger partial charge < -0.3 is 0 Å². The molecule has 0 amide bonds. The molecule has 0 radical (unpaired) electrons. The van der Waals surface area contributed by atoms with Crippen LogP contribution in [0, 0.1) is 10.1 Å². The molecular weight excluding hydrogens is 276 g/mol. The summed E-state index contributed by atoms with van der Waals surface area (Å²) in [4.78, 5) is 25.3. The third-order valence-corrected chi connectivity index (χ3v) is 3.68. The van der Waals surface area contributed by atoms with Crippen LogP contribution in [-0.2, 0) is 6.54 Å². The van der Waals surface area contributed by atoms with Crippen LogP contribution in [0.2, 0.25) is 0 Å².